The number of carbonyl (C=O) groups excluding carboxylic acids is 3. The Bertz CT molecular complexity index is 1680. The molecule has 2 aliphatic rings. The Morgan fingerprint density at radius 1 is 1.04 bits per heavy atom. The molecule has 3 aromatic carbocycles. The second-order valence-corrected chi connectivity index (χ2v) is 12.6. The summed E-state index contributed by atoms with van der Waals surface area (Å²) in [4.78, 5) is 38.6. The van der Waals surface area contributed by atoms with Crippen LogP contribution >= 0.6 is 11.6 Å². The molecule has 0 radical (unpaired) electrons. The zero-order valence-corrected chi connectivity index (χ0v) is 28.4. The molecule has 0 aromatic heterocycles. The number of nitrogens with one attached hydrogen (secondary N) is 2. The molecule has 10 nitrogen and oxygen atoms in total. The van der Waals surface area contributed by atoms with E-state index in [2.05, 4.69) is 10.6 Å². The Morgan fingerprint density at radius 2 is 1.78 bits per heavy atom. The van der Waals surface area contributed by atoms with Gasteiger partial charge >= 0.3 is 18.2 Å². The third kappa shape index (κ3) is 10.6. The van der Waals surface area contributed by atoms with Gasteiger partial charge in [-0.25, -0.2) is 9.18 Å². The first-order chi connectivity index (χ1) is 24.4. The number of rotatable bonds is 14. The van der Waals surface area contributed by atoms with Crippen molar-refractivity contribution in [2.45, 2.75) is 62.4 Å². The molecule has 1 amide bonds. The minimum Gasteiger partial charge on any atom is -0.464 e. The second kappa shape index (κ2) is 17.2. The second-order valence-electron chi connectivity index (χ2n) is 12.2. The number of ether oxygens (including phenoxy) is 5. The van der Waals surface area contributed by atoms with Crippen LogP contribution in [0.15, 0.2) is 60.7 Å². The first-order valence-electron chi connectivity index (χ1n) is 16.3. The highest BCUT2D eigenvalue weighted by Crippen LogP contribution is 2.38. The summed E-state index contributed by atoms with van der Waals surface area (Å²) in [5.41, 5.74) is 2.07. The highest BCUT2D eigenvalue weighted by Gasteiger charge is 2.35. The van der Waals surface area contributed by atoms with E-state index in [1.807, 2.05) is 0 Å². The van der Waals surface area contributed by atoms with E-state index in [-0.39, 0.29) is 39.0 Å². The van der Waals surface area contributed by atoms with Crippen molar-refractivity contribution in [3.8, 4) is 11.5 Å². The van der Waals surface area contributed by atoms with Crippen molar-refractivity contribution < 1.29 is 55.6 Å². The van der Waals surface area contributed by atoms with E-state index in [1.54, 1.807) is 48.5 Å². The summed E-state index contributed by atoms with van der Waals surface area (Å²) in [6, 6.07) is 15.0. The number of carbonyl (C=O) groups is 3. The number of methoxy groups -OCH3 is 1. The summed E-state index contributed by atoms with van der Waals surface area (Å²) >= 11 is 6.18. The van der Waals surface area contributed by atoms with Crippen LogP contribution in [-0.4, -0.2) is 75.9 Å². The van der Waals surface area contributed by atoms with Gasteiger partial charge in [0, 0.05) is 23.9 Å². The standard InChI is InChI=1S/C36H37ClF4N2O8/c1-47-35(46)43-34(33(21-5-8-24(37)9-6-21)23-7-12-30-31(16-23)51-20-50-30)29(44)15-22-3-2-4-28(38)27(22)11-10-26-17-42-25(18-48-26)19-49-32(45)13-14-36(39,40)41/h2-9,12,16,25-26,33-34,42H,10-11,13-15,17-20H2,1H3,(H,43,46)/t25-,26+,33-,34+/m0/s1. The van der Waals surface area contributed by atoms with E-state index in [1.165, 1.54) is 19.2 Å². The largest absolute Gasteiger partial charge is 0.464 e. The molecular formula is C36H37ClF4N2O8. The van der Waals surface area contributed by atoms with Gasteiger partial charge in [0.05, 0.1) is 38.7 Å². The van der Waals surface area contributed by atoms with E-state index in [0.717, 1.165) is 0 Å². The zero-order valence-electron chi connectivity index (χ0n) is 27.6. The molecule has 51 heavy (non-hydrogen) atoms. The number of fused-ring (bicyclic) bond motifs is 1. The van der Waals surface area contributed by atoms with Crippen LogP contribution < -0.4 is 20.1 Å². The van der Waals surface area contributed by atoms with Gasteiger partial charge in [-0.15, -0.1) is 0 Å². The van der Waals surface area contributed by atoms with Crippen molar-refractivity contribution in [2.24, 2.45) is 0 Å². The number of hydrogen-bond donors (Lipinski definition) is 2. The van der Waals surface area contributed by atoms with Gasteiger partial charge in [0.15, 0.2) is 17.3 Å². The van der Waals surface area contributed by atoms with Gasteiger partial charge in [0.2, 0.25) is 6.79 Å². The van der Waals surface area contributed by atoms with Gasteiger partial charge in [-0.05, 0) is 65.4 Å². The molecule has 0 aliphatic carbocycles. The molecule has 15 heteroatoms. The van der Waals surface area contributed by atoms with Gasteiger partial charge in [0.1, 0.15) is 18.5 Å². The summed E-state index contributed by atoms with van der Waals surface area (Å²) in [5, 5.41) is 6.33. The van der Waals surface area contributed by atoms with Crippen LogP contribution in [0.3, 0.4) is 0 Å². The SMILES string of the molecule is COC(=O)N[C@H](C(=O)Cc1cccc(F)c1CC[C@@H]1CN[C@H](COC(=O)CCC(F)(F)F)CO1)[C@@H](c1ccc(Cl)cc1)c1ccc2c(c1)OCO2. The lowest BCUT2D eigenvalue weighted by atomic mass is 9.81. The number of alkyl halides is 3. The lowest BCUT2D eigenvalue weighted by molar-refractivity contribution is -0.158. The molecule has 0 spiro atoms. The fraction of sp³-hybridized carbons (Fsp3) is 0.417. The number of amides is 1. The summed E-state index contributed by atoms with van der Waals surface area (Å²) in [7, 11) is 1.19. The van der Waals surface area contributed by atoms with Crippen molar-refractivity contribution >= 4 is 29.4 Å². The fourth-order valence-corrected chi connectivity index (χ4v) is 6.14. The van der Waals surface area contributed by atoms with Crippen LogP contribution in [0.1, 0.15) is 47.4 Å². The van der Waals surface area contributed by atoms with Crippen molar-refractivity contribution in [1.82, 2.24) is 10.6 Å². The van der Waals surface area contributed by atoms with Crippen molar-refractivity contribution in [1.29, 1.82) is 0 Å². The quantitative estimate of drug-likeness (QED) is 0.151. The molecule has 2 N–H and O–H groups in total. The fourth-order valence-electron chi connectivity index (χ4n) is 6.01. The Labute approximate surface area is 296 Å². The predicted octanol–water partition coefficient (Wildman–Crippen LogP) is 6.05. The number of morpholine rings is 1. The molecule has 3 aromatic rings. The van der Waals surface area contributed by atoms with Gasteiger partial charge in [-0.3, -0.25) is 9.59 Å². The molecule has 1 saturated heterocycles. The predicted molar refractivity (Wildman–Crippen MR) is 176 cm³/mol. The molecule has 1 fully saturated rings. The highest BCUT2D eigenvalue weighted by atomic mass is 35.5. The zero-order chi connectivity index (χ0) is 36.5. The molecule has 0 bridgehead atoms. The van der Waals surface area contributed by atoms with Crippen molar-refractivity contribution in [3.63, 3.8) is 0 Å². The number of esters is 1. The number of Topliss-reactive ketones (excluding diaryl/α,β-unsaturated/α-hetero) is 1. The van der Waals surface area contributed by atoms with E-state index >= 15 is 4.39 Å². The van der Waals surface area contributed by atoms with Crippen molar-refractivity contribution in [3.05, 3.63) is 93.8 Å². The number of alkyl carbamates (subject to hydrolysis) is 1. The van der Waals surface area contributed by atoms with Gasteiger partial charge < -0.3 is 34.3 Å². The van der Waals surface area contributed by atoms with Crippen LogP contribution in [0.5, 0.6) is 11.5 Å². The first-order valence-corrected chi connectivity index (χ1v) is 16.6. The number of hydrogen-bond acceptors (Lipinski definition) is 9. The smallest absolute Gasteiger partial charge is 0.407 e. The third-order valence-electron chi connectivity index (χ3n) is 8.65. The van der Waals surface area contributed by atoms with E-state index in [4.69, 9.17) is 35.3 Å². The van der Waals surface area contributed by atoms with Crippen LogP contribution in [0, 0.1) is 5.82 Å². The molecule has 4 atom stereocenters. The summed E-state index contributed by atoms with van der Waals surface area (Å²) in [6.07, 6.45) is -7.26. The molecular weight excluding hydrogens is 700 g/mol. The molecule has 0 unspecified atom stereocenters. The average molecular weight is 737 g/mol. The molecule has 2 heterocycles. The molecule has 2 aliphatic heterocycles. The maximum absolute atomic E-state index is 15.3. The minimum atomic E-state index is -4.44. The van der Waals surface area contributed by atoms with Crippen molar-refractivity contribution in [2.75, 3.05) is 33.7 Å². The summed E-state index contributed by atoms with van der Waals surface area (Å²) < 4.78 is 79.1. The Hall–Kier alpha value is -4.40. The lowest BCUT2D eigenvalue weighted by Gasteiger charge is -2.30. The number of halogens is 5. The highest BCUT2D eigenvalue weighted by molar-refractivity contribution is 6.30. The Kier molecular flexibility index (Phi) is 12.8. The number of benzene rings is 3. The van der Waals surface area contributed by atoms with Gasteiger partial charge in [-0.1, -0.05) is 41.9 Å². The van der Waals surface area contributed by atoms with Crippen LogP contribution in [0.2, 0.25) is 5.02 Å². The molecule has 274 valence electrons. The first kappa shape index (κ1) is 37.8. The van der Waals surface area contributed by atoms with Crippen LogP contribution in [0.4, 0.5) is 22.4 Å². The van der Waals surface area contributed by atoms with Gasteiger partial charge in [0.25, 0.3) is 0 Å². The van der Waals surface area contributed by atoms with E-state index in [9.17, 15) is 27.6 Å². The average Bonchev–Trinajstić information content (AvgIpc) is 3.58. The Balaban J connectivity index is 1.28. The van der Waals surface area contributed by atoms with Crippen LogP contribution in [-0.2, 0) is 36.6 Å². The normalized spacial score (nSPS) is 18.1. The van der Waals surface area contributed by atoms with Gasteiger partial charge in [-0.2, -0.15) is 13.2 Å². The maximum atomic E-state index is 15.3. The van der Waals surface area contributed by atoms with E-state index < -0.39 is 60.7 Å². The topological polar surface area (TPSA) is 121 Å². The summed E-state index contributed by atoms with van der Waals surface area (Å²) in [6.45, 7) is 0.360. The lowest BCUT2D eigenvalue weighted by Crippen LogP contribution is -2.49. The third-order valence-corrected chi connectivity index (χ3v) is 8.90. The summed E-state index contributed by atoms with van der Waals surface area (Å²) in [5.74, 6) is -1.56. The van der Waals surface area contributed by atoms with Crippen LogP contribution in [0.25, 0.3) is 0 Å². The van der Waals surface area contributed by atoms with E-state index in [0.29, 0.717) is 51.7 Å². The molecule has 5 rings (SSSR count). The minimum absolute atomic E-state index is 0.0435. The monoisotopic (exact) mass is 736 g/mol. The Morgan fingerprint density at radius 3 is 2.49 bits per heavy atom. The maximum Gasteiger partial charge on any atom is 0.407 e. The number of ketones is 1. The molecule has 0 saturated carbocycles.